The summed E-state index contributed by atoms with van der Waals surface area (Å²) in [6.45, 7) is 3.84. The molecular weight excluding hydrogens is 220 g/mol. The molecule has 0 unspecified atom stereocenters. The van der Waals surface area contributed by atoms with E-state index < -0.39 is 0 Å². The molecule has 94 valence electrons. The molecule has 6 heteroatoms. The van der Waals surface area contributed by atoms with Crippen molar-refractivity contribution < 1.29 is 9.94 Å². The van der Waals surface area contributed by atoms with E-state index in [1.165, 1.54) is 0 Å². The Morgan fingerprint density at radius 1 is 1.65 bits per heavy atom. The fourth-order valence-electron chi connectivity index (χ4n) is 1.51. The molecule has 0 aromatic carbocycles. The Hall–Kier alpha value is -1.82. The topological polar surface area (TPSA) is 84.0 Å². The molecule has 1 rings (SSSR count). The first-order chi connectivity index (χ1) is 8.21. The number of amidine groups is 1. The summed E-state index contributed by atoms with van der Waals surface area (Å²) in [6.07, 6.45) is 1.68. The number of nitrogens with zero attached hydrogens (tertiary/aromatic N) is 3. The number of nitrogens with two attached hydrogens (primary N) is 1. The standard InChI is InChI=1S/C11H18N4O2/c1-3-15(8-10(12)14-16)7-9-5-4-6-13-11(9)17-2/h4-6,16H,3,7-8H2,1-2H3,(H2,12,14). The van der Waals surface area contributed by atoms with E-state index in [9.17, 15) is 0 Å². The van der Waals surface area contributed by atoms with E-state index >= 15 is 0 Å². The molecule has 0 spiro atoms. The molecular formula is C11H18N4O2. The van der Waals surface area contributed by atoms with E-state index in [2.05, 4.69) is 10.1 Å². The van der Waals surface area contributed by atoms with Crippen molar-refractivity contribution in [1.82, 2.24) is 9.88 Å². The number of aromatic nitrogens is 1. The summed E-state index contributed by atoms with van der Waals surface area (Å²) >= 11 is 0. The van der Waals surface area contributed by atoms with Crippen LogP contribution in [0.15, 0.2) is 23.5 Å². The normalized spacial score (nSPS) is 11.8. The predicted molar refractivity (Wildman–Crippen MR) is 65.1 cm³/mol. The summed E-state index contributed by atoms with van der Waals surface area (Å²) in [7, 11) is 1.59. The van der Waals surface area contributed by atoms with Gasteiger partial charge < -0.3 is 15.7 Å². The van der Waals surface area contributed by atoms with Gasteiger partial charge in [-0.15, -0.1) is 0 Å². The van der Waals surface area contributed by atoms with Crippen molar-refractivity contribution in [3.8, 4) is 5.88 Å². The van der Waals surface area contributed by atoms with Crippen molar-refractivity contribution in [3.05, 3.63) is 23.9 Å². The number of likely N-dealkylation sites (N-methyl/N-ethyl adjacent to an activating group) is 1. The van der Waals surface area contributed by atoms with Crippen molar-refractivity contribution in [1.29, 1.82) is 0 Å². The summed E-state index contributed by atoms with van der Waals surface area (Å²) in [4.78, 5) is 6.15. The highest BCUT2D eigenvalue weighted by atomic mass is 16.5. The van der Waals surface area contributed by atoms with Crippen LogP contribution in [0.25, 0.3) is 0 Å². The Morgan fingerprint density at radius 3 is 3.00 bits per heavy atom. The Balaban J connectivity index is 2.73. The maximum absolute atomic E-state index is 8.55. The van der Waals surface area contributed by atoms with Gasteiger partial charge in [-0.05, 0) is 12.6 Å². The van der Waals surface area contributed by atoms with Crippen LogP contribution in [0.4, 0.5) is 0 Å². The quantitative estimate of drug-likeness (QED) is 0.329. The third kappa shape index (κ3) is 3.92. The third-order valence-corrected chi connectivity index (χ3v) is 2.40. The summed E-state index contributed by atoms with van der Waals surface area (Å²) < 4.78 is 5.17. The van der Waals surface area contributed by atoms with Crippen LogP contribution >= 0.6 is 0 Å². The summed E-state index contributed by atoms with van der Waals surface area (Å²) in [5, 5.41) is 11.5. The highest BCUT2D eigenvalue weighted by Gasteiger charge is 2.10. The minimum absolute atomic E-state index is 0.190. The van der Waals surface area contributed by atoms with Gasteiger partial charge in [-0.3, -0.25) is 4.90 Å². The third-order valence-electron chi connectivity index (χ3n) is 2.40. The molecule has 0 saturated carbocycles. The van der Waals surface area contributed by atoms with Crippen LogP contribution in [-0.4, -0.2) is 41.1 Å². The Labute approximate surface area is 101 Å². The van der Waals surface area contributed by atoms with Gasteiger partial charge in [0.05, 0.1) is 13.7 Å². The second-order valence-electron chi connectivity index (χ2n) is 3.57. The molecule has 3 N–H and O–H groups in total. The molecule has 0 saturated heterocycles. The summed E-state index contributed by atoms with van der Waals surface area (Å²) in [5.74, 6) is 0.792. The van der Waals surface area contributed by atoms with Crippen LogP contribution in [0.3, 0.4) is 0 Å². The molecule has 17 heavy (non-hydrogen) atoms. The Bertz CT molecular complexity index is 381. The second-order valence-corrected chi connectivity index (χ2v) is 3.57. The Morgan fingerprint density at radius 2 is 2.41 bits per heavy atom. The highest BCUT2D eigenvalue weighted by Crippen LogP contribution is 2.15. The van der Waals surface area contributed by atoms with Crippen molar-refractivity contribution in [2.75, 3.05) is 20.2 Å². The number of hydrogen-bond acceptors (Lipinski definition) is 5. The molecule has 0 bridgehead atoms. The van der Waals surface area contributed by atoms with Crippen LogP contribution < -0.4 is 10.5 Å². The van der Waals surface area contributed by atoms with E-state index in [1.807, 2.05) is 24.0 Å². The van der Waals surface area contributed by atoms with Gasteiger partial charge in [-0.2, -0.15) is 0 Å². The maximum Gasteiger partial charge on any atom is 0.217 e. The zero-order chi connectivity index (χ0) is 12.7. The first-order valence-corrected chi connectivity index (χ1v) is 5.37. The van der Waals surface area contributed by atoms with Crippen LogP contribution in [0.2, 0.25) is 0 Å². The first-order valence-electron chi connectivity index (χ1n) is 5.37. The van der Waals surface area contributed by atoms with E-state index in [0.29, 0.717) is 19.0 Å². The van der Waals surface area contributed by atoms with Crippen molar-refractivity contribution in [2.45, 2.75) is 13.5 Å². The number of ether oxygens (including phenoxy) is 1. The van der Waals surface area contributed by atoms with E-state index in [1.54, 1.807) is 13.3 Å². The average Bonchev–Trinajstić information content (AvgIpc) is 2.38. The van der Waals surface area contributed by atoms with Gasteiger partial charge in [-0.25, -0.2) is 4.98 Å². The second kappa shape index (κ2) is 6.70. The lowest BCUT2D eigenvalue weighted by Gasteiger charge is -2.20. The molecule has 0 radical (unpaired) electrons. The maximum atomic E-state index is 8.55. The van der Waals surface area contributed by atoms with E-state index in [4.69, 9.17) is 15.7 Å². The average molecular weight is 238 g/mol. The molecule has 1 heterocycles. The molecule has 0 aliphatic rings. The monoisotopic (exact) mass is 238 g/mol. The van der Waals surface area contributed by atoms with Gasteiger partial charge in [0.15, 0.2) is 5.84 Å². The van der Waals surface area contributed by atoms with Crippen LogP contribution in [0, 0.1) is 0 Å². The minimum Gasteiger partial charge on any atom is -0.481 e. The first kappa shape index (κ1) is 13.2. The van der Waals surface area contributed by atoms with Gasteiger partial charge in [0.2, 0.25) is 5.88 Å². The number of oxime groups is 1. The fraction of sp³-hybridized carbons (Fsp3) is 0.455. The minimum atomic E-state index is 0.190. The van der Waals surface area contributed by atoms with Crippen LogP contribution in [0.5, 0.6) is 5.88 Å². The zero-order valence-electron chi connectivity index (χ0n) is 10.1. The largest absolute Gasteiger partial charge is 0.481 e. The zero-order valence-corrected chi connectivity index (χ0v) is 10.1. The van der Waals surface area contributed by atoms with Crippen LogP contribution in [-0.2, 0) is 6.54 Å². The number of rotatable bonds is 6. The lowest BCUT2D eigenvalue weighted by atomic mass is 10.2. The summed E-state index contributed by atoms with van der Waals surface area (Å²) in [5.41, 5.74) is 6.46. The van der Waals surface area contributed by atoms with Crippen molar-refractivity contribution >= 4 is 5.84 Å². The number of methoxy groups -OCH3 is 1. The van der Waals surface area contributed by atoms with Gasteiger partial charge in [0, 0.05) is 18.3 Å². The van der Waals surface area contributed by atoms with Crippen molar-refractivity contribution in [2.24, 2.45) is 10.9 Å². The smallest absolute Gasteiger partial charge is 0.217 e. The van der Waals surface area contributed by atoms with Gasteiger partial charge in [0.25, 0.3) is 0 Å². The SMILES string of the molecule is CCN(CC(N)=NO)Cc1cccnc1OC. The van der Waals surface area contributed by atoms with Crippen LogP contribution in [0.1, 0.15) is 12.5 Å². The molecule has 0 aliphatic heterocycles. The van der Waals surface area contributed by atoms with Gasteiger partial charge >= 0.3 is 0 Å². The molecule has 6 nitrogen and oxygen atoms in total. The molecule has 0 fully saturated rings. The number of pyridine rings is 1. The molecule has 0 amide bonds. The Kier molecular flexibility index (Phi) is 5.22. The lowest BCUT2D eigenvalue weighted by Crippen LogP contribution is -2.33. The molecule has 1 aromatic rings. The number of hydrogen-bond donors (Lipinski definition) is 2. The van der Waals surface area contributed by atoms with Gasteiger partial charge in [0.1, 0.15) is 0 Å². The van der Waals surface area contributed by atoms with E-state index in [-0.39, 0.29) is 5.84 Å². The molecule has 1 aromatic heterocycles. The van der Waals surface area contributed by atoms with Crippen molar-refractivity contribution in [3.63, 3.8) is 0 Å². The predicted octanol–water partition coefficient (Wildman–Crippen LogP) is 0.658. The highest BCUT2D eigenvalue weighted by molar-refractivity contribution is 5.81. The summed E-state index contributed by atoms with van der Waals surface area (Å²) in [6, 6.07) is 3.80. The lowest BCUT2D eigenvalue weighted by molar-refractivity contribution is 0.290. The molecule has 0 atom stereocenters. The van der Waals surface area contributed by atoms with Gasteiger partial charge in [-0.1, -0.05) is 18.1 Å². The van der Waals surface area contributed by atoms with E-state index in [0.717, 1.165) is 12.1 Å². The molecule has 0 aliphatic carbocycles. The fourth-order valence-corrected chi connectivity index (χ4v) is 1.51.